The molecule has 5 heteroatoms. The van der Waals surface area contributed by atoms with Gasteiger partial charge in [0.2, 0.25) is 0 Å². The molecule has 1 fully saturated rings. The third kappa shape index (κ3) is 4.04. The summed E-state index contributed by atoms with van der Waals surface area (Å²) in [6.45, 7) is 9.81. The minimum Gasteiger partial charge on any atom is -0.371 e. The van der Waals surface area contributed by atoms with Gasteiger partial charge in [-0.2, -0.15) is 0 Å². The maximum atomic E-state index is 12.7. The molecule has 1 saturated heterocycles. The van der Waals surface area contributed by atoms with Crippen LogP contribution in [0.5, 0.6) is 0 Å². The fourth-order valence-electron chi connectivity index (χ4n) is 2.65. The molecule has 2 heterocycles. The van der Waals surface area contributed by atoms with Gasteiger partial charge < -0.3 is 9.64 Å². The van der Waals surface area contributed by atoms with Gasteiger partial charge in [-0.25, -0.2) is 4.98 Å². The van der Waals surface area contributed by atoms with E-state index in [1.54, 1.807) is 5.51 Å². The first-order chi connectivity index (χ1) is 10.0. The lowest BCUT2D eigenvalue weighted by Gasteiger charge is -2.39. The number of rotatable bonds is 5. The number of thiazole rings is 1. The lowest BCUT2D eigenvalue weighted by molar-refractivity contribution is -0.0962. The summed E-state index contributed by atoms with van der Waals surface area (Å²) in [5.74, 6) is 0.540. The van der Waals surface area contributed by atoms with Gasteiger partial charge in [-0.05, 0) is 19.3 Å². The van der Waals surface area contributed by atoms with Crippen LogP contribution in [0, 0.1) is 12.8 Å². The number of unbranched alkanes of at least 4 members (excludes halogenated alkanes) is 1. The largest absolute Gasteiger partial charge is 0.371 e. The summed E-state index contributed by atoms with van der Waals surface area (Å²) < 4.78 is 6.17. The van der Waals surface area contributed by atoms with E-state index in [4.69, 9.17) is 4.74 Å². The molecule has 0 aromatic carbocycles. The maximum absolute atomic E-state index is 12.7. The standard InChI is InChI=1S/C16H26N2O2S/c1-5-6-7-13-8-18(9-14(20-13)11(2)3)16(19)15-12(4)17-10-21-15/h10-11,13-14H,5-9H2,1-4H3/t13-,14-/m1/s1. The summed E-state index contributed by atoms with van der Waals surface area (Å²) in [5, 5.41) is 0. The van der Waals surface area contributed by atoms with Crippen molar-refractivity contribution in [2.45, 2.75) is 59.2 Å². The van der Waals surface area contributed by atoms with E-state index in [1.807, 2.05) is 11.8 Å². The average molecular weight is 310 g/mol. The minimum absolute atomic E-state index is 0.116. The molecule has 118 valence electrons. The second-order valence-corrected chi connectivity index (χ2v) is 7.01. The molecule has 1 amide bonds. The van der Waals surface area contributed by atoms with Crippen LogP contribution in [0.25, 0.3) is 0 Å². The van der Waals surface area contributed by atoms with E-state index in [9.17, 15) is 4.79 Å². The molecule has 0 aliphatic carbocycles. The predicted molar refractivity (Wildman–Crippen MR) is 85.8 cm³/mol. The van der Waals surface area contributed by atoms with E-state index >= 15 is 0 Å². The van der Waals surface area contributed by atoms with Crippen molar-refractivity contribution in [1.29, 1.82) is 0 Å². The molecule has 0 spiro atoms. The summed E-state index contributed by atoms with van der Waals surface area (Å²) in [4.78, 5) is 19.6. The number of carbonyl (C=O) groups is 1. The van der Waals surface area contributed by atoms with Gasteiger partial charge in [0.15, 0.2) is 0 Å². The van der Waals surface area contributed by atoms with Gasteiger partial charge in [0.05, 0.1) is 23.4 Å². The molecule has 0 unspecified atom stereocenters. The van der Waals surface area contributed by atoms with Gasteiger partial charge in [0.25, 0.3) is 5.91 Å². The Morgan fingerprint density at radius 2 is 2.29 bits per heavy atom. The van der Waals surface area contributed by atoms with Gasteiger partial charge in [-0.3, -0.25) is 4.79 Å². The van der Waals surface area contributed by atoms with Crippen molar-refractivity contribution in [3.8, 4) is 0 Å². The summed E-state index contributed by atoms with van der Waals surface area (Å²) >= 11 is 1.44. The highest BCUT2D eigenvalue weighted by atomic mass is 32.1. The highest BCUT2D eigenvalue weighted by Crippen LogP contribution is 2.24. The maximum Gasteiger partial charge on any atom is 0.266 e. The molecule has 4 nitrogen and oxygen atoms in total. The molecule has 0 bridgehead atoms. The first kappa shape index (κ1) is 16.4. The van der Waals surface area contributed by atoms with Crippen molar-refractivity contribution in [2.24, 2.45) is 5.92 Å². The van der Waals surface area contributed by atoms with Crippen molar-refractivity contribution >= 4 is 17.2 Å². The number of aromatic nitrogens is 1. The smallest absolute Gasteiger partial charge is 0.266 e. The number of morpholine rings is 1. The van der Waals surface area contributed by atoms with Gasteiger partial charge >= 0.3 is 0 Å². The van der Waals surface area contributed by atoms with E-state index < -0.39 is 0 Å². The van der Waals surface area contributed by atoms with Crippen molar-refractivity contribution in [3.05, 3.63) is 16.1 Å². The van der Waals surface area contributed by atoms with E-state index in [2.05, 4.69) is 25.8 Å². The van der Waals surface area contributed by atoms with Crippen molar-refractivity contribution < 1.29 is 9.53 Å². The van der Waals surface area contributed by atoms with Crippen LogP contribution in [0.4, 0.5) is 0 Å². The Labute approximate surface area is 131 Å². The Balaban J connectivity index is 2.10. The molecule has 2 rings (SSSR count). The molecule has 0 N–H and O–H groups in total. The van der Waals surface area contributed by atoms with Crippen LogP contribution in [0.15, 0.2) is 5.51 Å². The lowest BCUT2D eigenvalue weighted by atomic mass is 10.0. The van der Waals surface area contributed by atoms with E-state index in [0.29, 0.717) is 19.0 Å². The Kier molecular flexibility index (Phi) is 5.76. The van der Waals surface area contributed by atoms with Crippen LogP contribution in [0.3, 0.4) is 0 Å². The monoisotopic (exact) mass is 310 g/mol. The zero-order chi connectivity index (χ0) is 15.4. The van der Waals surface area contributed by atoms with Crippen molar-refractivity contribution in [2.75, 3.05) is 13.1 Å². The highest BCUT2D eigenvalue weighted by Gasteiger charge is 2.33. The number of aryl methyl sites for hydroxylation is 1. The van der Waals surface area contributed by atoms with Crippen LogP contribution in [-0.2, 0) is 4.74 Å². The summed E-state index contributed by atoms with van der Waals surface area (Å²) in [6, 6.07) is 0. The van der Waals surface area contributed by atoms with Crippen molar-refractivity contribution in [3.63, 3.8) is 0 Å². The van der Waals surface area contributed by atoms with Crippen LogP contribution in [0.1, 0.15) is 55.4 Å². The Morgan fingerprint density at radius 3 is 2.86 bits per heavy atom. The number of ether oxygens (including phenoxy) is 1. The van der Waals surface area contributed by atoms with Crippen molar-refractivity contribution in [1.82, 2.24) is 9.88 Å². The Bertz CT molecular complexity index is 473. The number of nitrogens with zero attached hydrogens (tertiary/aromatic N) is 2. The Morgan fingerprint density at radius 1 is 1.52 bits per heavy atom. The fraction of sp³-hybridized carbons (Fsp3) is 0.750. The molecule has 1 aromatic rings. The summed E-state index contributed by atoms with van der Waals surface area (Å²) in [5.41, 5.74) is 2.58. The van der Waals surface area contributed by atoms with Gasteiger partial charge in [0.1, 0.15) is 4.88 Å². The summed E-state index contributed by atoms with van der Waals surface area (Å²) in [7, 11) is 0. The fourth-order valence-corrected chi connectivity index (χ4v) is 3.42. The predicted octanol–water partition coefficient (Wildman–Crippen LogP) is 3.51. The molecule has 1 aromatic heterocycles. The molecule has 0 saturated carbocycles. The molecular weight excluding hydrogens is 284 g/mol. The zero-order valence-electron chi connectivity index (χ0n) is 13.5. The molecule has 21 heavy (non-hydrogen) atoms. The third-order valence-corrected chi connectivity index (χ3v) is 4.96. The second-order valence-electron chi connectivity index (χ2n) is 6.16. The highest BCUT2D eigenvalue weighted by molar-refractivity contribution is 7.11. The Hall–Kier alpha value is -0.940. The van der Waals surface area contributed by atoms with Crippen LogP contribution in [-0.4, -0.2) is 41.1 Å². The van der Waals surface area contributed by atoms with Gasteiger partial charge in [-0.15, -0.1) is 11.3 Å². The summed E-state index contributed by atoms with van der Waals surface area (Å²) in [6.07, 6.45) is 3.65. The van der Waals surface area contributed by atoms with E-state index in [0.717, 1.165) is 29.8 Å². The first-order valence-corrected chi connectivity index (χ1v) is 8.75. The van der Waals surface area contributed by atoms with E-state index in [-0.39, 0.29) is 18.1 Å². The lowest BCUT2D eigenvalue weighted by Crippen LogP contribution is -2.51. The zero-order valence-corrected chi connectivity index (χ0v) is 14.3. The average Bonchev–Trinajstić information content (AvgIpc) is 2.90. The molecule has 1 aliphatic rings. The van der Waals surface area contributed by atoms with Gasteiger partial charge in [-0.1, -0.05) is 33.6 Å². The first-order valence-electron chi connectivity index (χ1n) is 7.87. The van der Waals surface area contributed by atoms with E-state index in [1.165, 1.54) is 11.3 Å². The molecular formula is C16H26N2O2S. The topological polar surface area (TPSA) is 42.4 Å². The molecule has 1 aliphatic heterocycles. The number of hydrogen-bond acceptors (Lipinski definition) is 4. The van der Waals surface area contributed by atoms with Crippen LogP contribution < -0.4 is 0 Å². The molecule has 0 radical (unpaired) electrons. The SMILES string of the molecule is CCCC[C@@H]1CN(C(=O)c2scnc2C)C[C@H](C(C)C)O1. The van der Waals surface area contributed by atoms with Crippen LogP contribution in [0.2, 0.25) is 0 Å². The quantitative estimate of drug-likeness (QED) is 0.836. The normalized spacial score (nSPS) is 22.8. The minimum atomic E-state index is 0.116. The second kappa shape index (κ2) is 7.36. The number of amides is 1. The third-order valence-electron chi connectivity index (χ3n) is 4.04. The molecule has 2 atom stereocenters. The van der Waals surface area contributed by atoms with Crippen LogP contribution >= 0.6 is 11.3 Å². The number of hydrogen-bond donors (Lipinski definition) is 0. The van der Waals surface area contributed by atoms with Gasteiger partial charge in [0, 0.05) is 13.1 Å². The number of carbonyl (C=O) groups excluding carboxylic acids is 1.